The fourth-order valence-electron chi connectivity index (χ4n) is 1.83. The normalized spacial score (nSPS) is 19.9. The second-order valence-corrected chi connectivity index (χ2v) is 4.26. The molecule has 0 bridgehead atoms. The van der Waals surface area contributed by atoms with Gasteiger partial charge in [-0.25, -0.2) is 0 Å². The summed E-state index contributed by atoms with van der Waals surface area (Å²) >= 11 is 0. The molecule has 4 heteroatoms. The number of aryl methyl sites for hydroxylation is 1. The van der Waals surface area contributed by atoms with Gasteiger partial charge >= 0.3 is 0 Å². The van der Waals surface area contributed by atoms with Gasteiger partial charge in [-0.15, -0.1) is 0 Å². The predicted octanol–water partition coefficient (Wildman–Crippen LogP) is 2.57. The Morgan fingerprint density at radius 3 is 3.00 bits per heavy atom. The Balaban J connectivity index is 2.05. The molecule has 2 rings (SSSR count). The minimum atomic E-state index is -0.351. The van der Waals surface area contributed by atoms with Crippen molar-refractivity contribution in [3.05, 3.63) is 29.3 Å². The van der Waals surface area contributed by atoms with E-state index in [0.29, 0.717) is 12.2 Å². The molecule has 1 aliphatic rings. The van der Waals surface area contributed by atoms with E-state index in [0.717, 1.165) is 24.8 Å². The maximum atomic E-state index is 9.67. The van der Waals surface area contributed by atoms with Gasteiger partial charge in [0, 0.05) is 6.42 Å². The fraction of sp³-hybridized carbons (Fsp3) is 0.462. The number of phenolic OH excluding ortho intramolecular Hbond substituents is 1. The molecular formula is C13H17NO3. The van der Waals surface area contributed by atoms with Crippen LogP contribution in [0.4, 0.5) is 0 Å². The summed E-state index contributed by atoms with van der Waals surface area (Å²) in [6.45, 7) is 2.59. The molecule has 4 nitrogen and oxygen atoms in total. The predicted molar refractivity (Wildman–Crippen MR) is 64.3 cm³/mol. The third kappa shape index (κ3) is 2.97. The van der Waals surface area contributed by atoms with Crippen LogP contribution in [-0.4, -0.2) is 23.9 Å². The lowest BCUT2D eigenvalue weighted by Gasteiger charge is -2.23. The fourth-order valence-corrected chi connectivity index (χ4v) is 1.83. The number of hydrogen-bond donors (Lipinski definition) is 2. The first-order valence-electron chi connectivity index (χ1n) is 5.83. The maximum absolute atomic E-state index is 9.67. The summed E-state index contributed by atoms with van der Waals surface area (Å²) in [4.78, 5) is 0. The van der Waals surface area contributed by atoms with Crippen LogP contribution in [0.15, 0.2) is 18.2 Å². The van der Waals surface area contributed by atoms with Crippen molar-refractivity contribution in [2.75, 3.05) is 6.61 Å². The van der Waals surface area contributed by atoms with Crippen LogP contribution in [-0.2, 0) is 9.47 Å². The monoisotopic (exact) mass is 235 g/mol. The van der Waals surface area contributed by atoms with Gasteiger partial charge < -0.3 is 14.6 Å². The third-order valence-electron chi connectivity index (χ3n) is 2.78. The molecule has 1 saturated heterocycles. The average molecular weight is 235 g/mol. The van der Waals surface area contributed by atoms with Crippen LogP contribution in [0.1, 0.15) is 30.4 Å². The van der Waals surface area contributed by atoms with Gasteiger partial charge in [-0.1, -0.05) is 11.6 Å². The van der Waals surface area contributed by atoms with E-state index in [2.05, 4.69) is 0 Å². The highest BCUT2D eigenvalue weighted by atomic mass is 16.7. The summed E-state index contributed by atoms with van der Waals surface area (Å²) < 4.78 is 10.8. The van der Waals surface area contributed by atoms with Crippen molar-refractivity contribution in [2.45, 2.75) is 32.5 Å². The summed E-state index contributed by atoms with van der Waals surface area (Å²) in [5.74, 6) is 0.0366. The van der Waals surface area contributed by atoms with E-state index in [4.69, 9.17) is 14.9 Å². The lowest BCUT2D eigenvalue weighted by molar-refractivity contribution is -0.113. The van der Waals surface area contributed by atoms with Crippen LogP contribution >= 0.6 is 0 Å². The van der Waals surface area contributed by atoms with Crippen molar-refractivity contribution >= 4 is 5.90 Å². The topological polar surface area (TPSA) is 62.5 Å². The number of phenols is 1. The number of ether oxygens (including phenoxy) is 2. The molecule has 92 valence electrons. The van der Waals surface area contributed by atoms with Crippen molar-refractivity contribution in [1.29, 1.82) is 5.41 Å². The van der Waals surface area contributed by atoms with E-state index in [1.807, 2.05) is 6.92 Å². The number of benzene rings is 1. The Morgan fingerprint density at radius 1 is 1.47 bits per heavy atom. The van der Waals surface area contributed by atoms with E-state index in [-0.39, 0.29) is 17.9 Å². The first-order valence-corrected chi connectivity index (χ1v) is 5.83. The Bertz CT molecular complexity index is 411. The van der Waals surface area contributed by atoms with Gasteiger partial charge in [-0.2, -0.15) is 0 Å². The highest BCUT2D eigenvalue weighted by Gasteiger charge is 2.18. The second kappa shape index (κ2) is 5.19. The van der Waals surface area contributed by atoms with Gasteiger partial charge in [0.15, 0.2) is 0 Å². The number of nitrogens with one attached hydrogen (secondary N) is 1. The van der Waals surface area contributed by atoms with Crippen LogP contribution in [0.5, 0.6) is 5.75 Å². The molecule has 1 aromatic carbocycles. The van der Waals surface area contributed by atoms with Crippen molar-refractivity contribution in [3.8, 4) is 5.75 Å². The van der Waals surface area contributed by atoms with E-state index in [1.165, 1.54) is 0 Å². The molecular weight excluding hydrogens is 218 g/mol. The van der Waals surface area contributed by atoms with E-state index >= 15 is 0 Å². The van der Waals surface area contributed by atoms with Gasteiger partial charge in [0.25, 0.3) is 0 Å². The average Bonchev–Trinajstić information content (AvgIpc) is 2.33. The molecule has 1 aliphatic heterocycles. The number of rotatable bonds is 2. The molecule has 0 spiro atoms. The highest BCUT2D eigenvalue weighted by Crippen LogP contribution is 2.21. The van der Waals surface area contributed by atoms with Gasteiger partial charge in [-0.3, -0.25) is 5.41 Å². The van der Waals surface area contributed by atoms with E-state index < -0.39 is 0 Å². The molecule has 0 saturated carbocycles. The van der Waals surface area contributed by atoms with Gasteiger partial charge in [0.05, 0.1) is 12.2 Å². The molecule has 1 unspecified atom stereocenters. The molecule has 2 N–H and O–H groups in total. The zero-order valence-corrected chi connectivity index (χ0v) is 9.90. The standard InChI is InChI=1S/C13H17NO3/c1-9-5-6-11(15)10(8-9)13(14)17-12-4-2-3-7-16-12/h5-6,8,12,14-15H,2-4,7H2,1H3. The first-order chi connectivity index (χ1) is 8.16. The van der Waals surface area contributed by atoms with Crippen molar-refractivity contribution in [2.24, 2.45) is 0 Å². The van der Waals surface area contributed by atoms with Crippen molar-refractivity contribution < 1.29 is 14.6 Å². The number of aromatic hydroxyl groups is 1. The maximum Gasteiger partial charge on any atom is 0.219 e. The highest BCUT2D eigenvalue weighted by molar-refractivity contribution is 5.94. The van der Waals surface area contributed by atoms with Crippen LogP contribution < -0.4 is 0 Å². The van der Waals surface area contributed by atoms with Gasteiger partial charge in [0.2, 0.25) is 12.2 Å². The van der Waals surface area contributed by atoms with Crippen molar-refractivity contribution in [3.63, 3.8) is 0 Å². The molecule has 0 amide bonds. The van der Waals surface area contributed by atoms with Crippen LogP contribution in [0.3, 0.4) is 0 Å². The summed E-state index contributed by atoms with van der Waals surface area (Å²) in [6, 6.07) is 5.11. The van der Waals surface area contributed by atoms with E-state index in [1.54, 1.807) is 18.2 Å². The van der Waals surface area contributed by atoms with Gasteiger partial charge in [-0.05, 0) is 31.9 Å². The molecule has 1 fully saturated rings. The molecule has 1 aromatic rings. The lowest BCUT2D eigenvalue weighted by Crippen LogP contribution is -2.25. The minimum absolute atomic E-state index is 0.0295. The molecule has 0 aliphatic carbocycles. The Labute approximate surface area is 101 Å². The van der Waals surface area contributed by atoms with Crippen LogP contribution in [0.25, 0.3) is 0 Å². The first kappa shape index (κ1) is 11.9. The molecule has 0 radical (unpaired) electrons. The Morgan fingerprint density at radius 2 is 2.29 bits per heavy atom. The zero-order valence-electron chi connectivity index (χ0n) is 9.90. The zero-order chi connectivity index (χ0) is 12.3. The molecule has 17 heavy (non-hydrogen) atoms. The Kier molecular flexibility index (Phi) is 3.64. The van der Waals surface area contributed by atoms with Crippen molar-refractivity contribution in [1.82, 2.24) is 0 Å². The van der Waals surface area contributed by atoms with Crippen LogP contribution in [0.2, 0.25) is 0 Å². The SMILES string of the molecule is Cc1ccc(O)c(C(=N)OC2CCCCO2)c1. The van der Waals surface area contributed by atoms with E-state index in [9.17, 15) is 5.11 Å². The van der Waals surface area contributed by atoms with Gasteiger partial charge in [0.1, 0.15) is 5.75 Å². The smallest absolute Gasteiger partial charge is 0.219 e. The minimum Gasteiger partial charge on any atom is -0.507 e. The van der Waals surface area contributed by atoms with Crippen LogP contribution in [0, 0.1) is 12.3 Å². The quantitative estimate of drug-likeness (QED) is 0.611. The molecule has 1 heterocycles. The second-order valence-electron chi connectivity index (χ2n) is 4.26. The number of hydrogen-bond acceptors (Lipinski definition) is 4. The summed E-state index contributed by atoms with van der Waals surface area (Å²) in [7, 11) is 0. The Hall–Kier alpha value is -1.55. The summed E-state index contributed by atoms with van der Waals surface area (Å²) in [6.07, 6.45) is 2.55. The molecule has 1 atom stereocenters. The third-order valence-corrected chi connectivity index (χ3v) is 2.78. The molecule has 0 aromatic heterocycles. The largest absolute Gasteiger partial charge is 0.507 e. The summed E-state index contributed by atoms with van der Waals surface area (Å²) in [5, 5.41) is 17.5. The lowest BCUT2D eigenvalue weighted by atomic mass is 10.1. The summed E-state index contributed by atoms with van der Waals surface area (Å²) in [5.41, 5.74) is 1.40.